The minimum absolute atomic E-state index is 0.173. The van der Waals surface area contributed by atoms with Crippen molar-refractivity contribution in [2.45, 2.75) is 52.5 Å². The van der Waals surface area contributed by atoms with Gasteiger partial charge >= 0.3 is 0 Å². The molecule has 1 fully saturated rings. The second-order valence-electron chi connectivity index (χ2n) is 6.99. The molecule has 5 heteroatoms. The summed E-state index contributed by atoms with van der Waals surface area (Å²) in [4.78, 5) is 16.1. The molecule has 5 nitrogen and oxygen atoms in total. The number of amides is 1. The average Bonchev–Trinajstić information content (AvgIpc) is 3.08. The van der Waals surface area contributed by atoms with Crippen molar-refractivity contribution in [1.82, 2.24) is 16.0 Å². The minimum atomic E-state index is 0.173. The predicted molar refractivity (Wildman–Crippen MR) is 104 cm³/mol. The van der Waals surface area contributed by atoms with E-state index < -0.39 is 0 Å². The van der Waals surface area contributed by atoms with Gasteiger partial charge in [0.15, 0.2) is 5.96 Å². The first-order chi connectivity index (χ1) is 12.1. The van der Waals surface area contributed by atoms with Gasteiger partial charge in [-0.3, -0.25) is 9.79 Å². The highest BCUT2D eigenvalue weighted by Crippen LogP contribution is 2.27. The highest BCUT2D eigenvalue weighted by molar-refractivity contribution is 5.80. The average molecular weight is 345 g/mol. The van der Waals surface area contributed by atoms with Crippen LogP contribution in [0.5, 0.6) is 0 Å². The Balaban J connectivity index is 1.63. The maximum absolute atomic E-state index is 11.9. The normalized spacial score (nSPS) is 15.2. The van der Waals surface area contributed by atoms with Crippen LogP contribution in [0.25, 0.3) is 0 Å². The number of aryl methyl sites for hydroxylation is 2. The van der Waals surface area contributed by atoms with Gasteiger partial charge in [0.2, 0.25) is 5.91 Å². The molecule has 1 saturated carbocycles. The van der Waals surface area contributed by atoms with Gasteiger partial charge in [0.1, 0.15) is 0 Å². The molecule has 25 heavy (non-hydrogen) atoms. The fourth-order valence-corrected chi connectivity index (χ4v) is 3.38. The number of hydrogen-bond donors (Lipinski definition) is 3. The summed E-state index contributed by atoms with van der Waals surface area (Å²) < 4.78 is 0. The number of carbonyl (C=O) groups is 1. The number of rotatable bonds is 7. The van der Waals surface area contributed by atoms with Crippen LogP contribution in [0.3, 0.4) is 0 Å². The van der Waals surface area contributed by atoms with E-state index in [1.165, 1.54) is 42.4 Å². The second-order valence-corrected chi connectivity index (χ2v) is 6.99. The van der Waals surface area contributed by atoms with Crippen molar-refractivity contribution in [2.24, 2.45) is 10.9 Å². The van der Waals surface area contributed by atoms with E-state index in [9.17, 15) is 4.79 Å². The van der Waals surface area contributed by atoms with Crippen LogP contribution in [0.1, 0.15) is 48.8 Å². The summed E-state index contributed by atoms with van der Waals surface area (Å²) in [5.74, 6) is 1.53. The smallest absolute Gasteiger partial charge is 0.220 e. The number of nitrogens with one attached hydrogen (secondary N) is 3. The van der Waals surface area contributed by atoms with Crippen LogP contribution >= 0.6 is 0 Å². The number of aliphatic imine (C=N–C) groups is 1. The molecule has 138 valence electrons. The monoisotopic (exact) mass is 344 g/mol. The van der Waals surface area contributed by atoms with E-state index >= 15 is 0 Å². The molecular formula is C20H32N4O. The van der Waals surface area contributed by atoms with Gasteiger partial charge < -0.3 is 16.0 Å². The molecule has 0 saturated heterocycles. The highest BCUT2D eigenvalue weighted by Gasteiger charge is 2.17. The molecular weight excluding hydrogens is 312 g/mol. The lowest BCUT2D eigenvalue weighted by atomic mass is 10.0. The third-order valence-corrected chi connectivity index (χ3v) is 4.86. The summed E-state index contributed by atoms with van der Waals surface area (Å²) in [5.41, 5.74) is 3.82. The van der Waals surface area contributed by atoms with Gasteiger partial charge in [-0.05, 0) is 43.7 Å². The van der Waals surface area contributed by atoms with Crippen LogP contribution in [0.15, 0.2) is 23.2 Å². The van der Waals surface area contributed by atoms with Crippen LogP contribution in [0.4, 0.5) is 0 Å². The Morgan fingerprint density at radius 1 is 1.12 bits per heavy atom. The molecule has 0 spiro atoms. The minimum Gasteiger partial charge on any atom is -0.355 e. The van der Waals surface area contributed by atoms with Crippen molar-refractivity contribution in [3.05, 3.63) is 34.9 Å². The van der Waals surface area contributed by atoms with Crippen molar-refractivity contribution in [3.8, 4) is 0 Å². The third kappa shape index (κ3) is 6.77. The number of benzene rings is 1. The molecule has 0 atom stereocenters. The first-order valence-corrected chi connectivity index (χ1v) is 9.36. The van der Waals surface area contributed by atoms with Gasteiger partial charge in [0.25, 0.3) is 0 Å². The van der Waals surface area contributed by atoms with E-state index in [4.69, 9.17) is 0 Å². The van der Waals surface area contributed by atoms with Gasteiger partial charge in [-0.25, -0.2) is 0 Å². The molecule has 0 aromatic heterocycles. The molecule has 1 aliphatic carbocycles. The van der Waals surface area contributed by atoms with Crippen molar-refractivity contribution in [1.29, 1.82) is 0 Å². The third-order valence-electron chi connectivity index (χ3n) is 4.86. The molecule has 1 amide bonds. The largest absolute Gasteiger partial charge is 0.355 e. The Hall–Kier alpha value is -2.04. The van der Waals surface area contributed by atoms with Crippen molar-refractivity contribution < 1.29 is 4.79 Å². The van der Waals surface area contributed by atoms with Crippen molar-refractivity contribution in [3.63, 3.8) is 0 Å². The first kappa shape index (κ1) is 19.3. The maximum atomic E-state index is 11.9. The Bertz CT molecular complexity index is 591. The predicted octanol–water partition coefficient (Wildman–Crippen LogP) is 2.66. The van der Waals surface area contributed by atoms with Gasteiger partial charge in [-0.15, -0.1) is 0 Å². The molecule has 0 aliphatic heterocycles. The van der Waals surface area contributed by atoms with Crippen LogP contribution in [0.2, 0.25) is 0 Å². The summed E-state index contributed by atoms with van der Waals surface area (Å²) in [6, 6.07) is 6.46. The van der Waals surface area contributed by atoms with Gasteiger partial charge in [-0.2, -0.15) is 0 Å². The van der Waals surface area contributed by atoms with Crippen molar-refractivity contribution >= 4 is 11.9 Å². The number of hydrogen-bond acceptors (Lipinski definition) is 2. The lowest BCUT2D eigenvalue weighted by molar-refractivity contribution is -0.121. The molecule has 0 bridgehead atoms. The highest BCUT2D eigenvalue weighted by atomic mass is 16.1. The molecule has 0 unspecified atom stereocenters. The van der Waals surface area contributed by atoms with Crippen LogP contribution < -0.4 is 16.0 Å². The lowest BCUT2D eigenvalue weighted by Gasteiger charge is -2.14. The number of guanidine groups is 1. The zero-order chi connectivity index (χ0) is 18.1. The molecule has 1 aromatic carbocycles. The van der Waals surface area contributed by atoms with Gasteiger partial charge in [0.05, 0.1) is 0 Å². The molecule has 0 heterocycles. The van der Waals surface area contributed by atoms with Gasteiger partial charge in [-0.1, -0.05) is 36.6 Å². The second kappa shape index (κ2) is 10.1. The standard InChI is InChI=1S/C20H32N4O/c1-15-8-9-18(16(2)12-15)14-24-20(21-3)23-11-10-22-19(25)13-17-6-4-5-7-17/h8-9,12,17H,4-7,10-11,13-14H2,1-3H3,(H,22,25)(H2,21,23,24). The van der Waals surface area contributed by atoms with Crippen molar-refractivity contribution in [2.75, 3.05) is 20.1 Å². The molecule has 1 aliphatic rings. The van der Waals surface area contributed by atoms with E-state index in [1.807, 2.05) is 0 Å². The van der Waals surface area contributed by atoms with E-state index in [0.29, 0.717) is 25.4 Å². The summed E-state index contributed by atoms with van der Waals surface area (Å²) in [6.45, 7) is 6.25. The maximum Gasteiger partial charge on any atom is 0.220 e. The lowest BCUT2D eigenvalue weighted by Crippen LogP contribution is -2.41. The number of nitrogens with zero attached hydrogens (tertiary/aromatic N) is 1. The fraction of sp³-hybridized carbons (Fsp3) is 0.600. The van der Waals surface area contributed by atoms with E-state index in [0.717, 1.165) is 12.5 Å². The Morgan fingerprint density at radius 3 is 2.52 bits per heavy atom. The Morgan fingerprint density at radius 2 is 1.84 bits per heavy atom. The summed E-state index contributed by atoms with van der Waals surface area (Å²) in [7, 11) is 1.76. The topological polar surface area (TPSA) is 65.5 Å². The zero-order valence-electron chi connectivity index (χ0n) is 15.8. The quantitative estimate of drug-likeness (QED) is 0.405. The molecule has 1 aromatic rings. The van der Waals surface area contributed by atoms with Gasteiger partial charge in [0, 0.05) is 33.1 Å². The molecule has 0 radical (unpaired) electrons. The van der Waals surface area contributed by atoms with Crippen LogP contribution in [-0.2, 0) is 11.3 Å². The number of carbonyl (C=O) groups excluding carboxylic acids is 1. The summed E-state index contributed by atoms with van der Waals surface area (Å²) in [5, 5.41) is 9.56. The first-order valence-electron chi connectivity index (χ1n) is 9.36. The zero-order valence-corrected chi connectivity index (χ0v) is 15.8. The Kier molecular flexibility index (Phi) is 7.76. The molecule has 2 rings (SSSR count). The SMILES string of the molecule is CN=C(NCCNC(=O)CC1CCCC1)NCc1ccc(C)cc1C. The fourth-order valence-electron chi connectivity index (χ4n) is 3.38. The van der Waals surface area contributed by atoms with Crippen LogP contribution in [0, 0.1) is 19.8 Å². The van der Waals surface area contributed by atoms with E-state index in [-0.39, 0.29) is 5.91 Å². The summed E-state index contributed by atoms with van der Waals surface area (Å²) in [6.07, 6.45) is 5.66. The summed E-state index contributed by atoms with van der Waals surface area (Å²) >= 11 is 0. The Labute approximate surface area is 151 Å². The molecule has 3 N–H and O–H groups in total. The van der Waals surface area contributed by atoms with E-state index in [1.54, 1.807) is 7.05 Å². The van der Waals surface area contributed by atoms with E-state index in [2.05, 4.69) is 53.0 Å². The van der Waals surface area contributed by atoms with Crippen LogP contribution in [-0.4, -0.2) is 32.0 Å².